The van der Waals surface area contributed by atoms with Crippen molar-refractivity contribution >= 4 is 0 Å². The summed E-state index contributed by atoms with van der Waals surface area (Å²) in [6, 6.07) is 0. The maximum atomic E-state index is 8.59. The van der Waals surface area contributed by atoms with Gasteiger partial charge in [-0.15, -0.1) is 0 Å². The zero-order valence-corrected chi connectivity index (χ0v) is 6.71. The number of likely N-dealkylation sites (N-methyl/N-ethyl adjacent to an activating group) is 1. The summed E-state index contributed by atoms with van der Waals surface area (Å²) in [5.74, 6) is 0. The third kappa shape index (κ3) is 4.73. The van der Waals surface area contributed by atoms with Gasteiger partial charge in [-0.05, 0) is 26.1 Å². The van der Waals surface area contributed by atoms with Crippen LogP contribution in [0.1, 0.15) is 13.3 Å². The number of aliphatic hydroxyl groups is 1. The van der Waals surface area contributed by atoms with Crippen LogP contribution in [0.2, 0.25) is 0 Å². The second-order valence-electron chi connectivity index (χ2n) is 2.30. The van der Waals surface area contributed by atoms with Crippen molar-refractivity contribution in [1.82, 2.24) is 4.90 Å². The number of rotatable bonds is 6. The second kappa shape index (κ2) is 6.99. The van der Waals surface area contributed by atoms with Gasteiger partial charge >= 0.3 is 0 Å². The molecule has 0 unspecified atom stereocenters. The van der Waals surface area contributed by atoms with E-state index in [-0.39, 0.29) is 6.61 Å². The van der Waals surface area contributed by atoms with Crippen LogP contribution in [-0.2, 0) is 0 Å². The molecule has 3 N–H and O–H groups in total. The molecule has 0 rings (SSSR count). The molecular formula is C7H18N2O. The van der Waals surface area contributed by atoms with Crippen molar-refractivity contribution in [2.45, 2.75) is 13.3 Å². The van der Waals surface area contributed by atoms with Crippen molar-refractivity contribution in [3.8, 4) is 0 Å². The first-order valence-electron chi connectivity index (χ1n) is 3.88. The molecule has 0 aromatic carbocycles. The Bertz CT molecular complexity index is 68.6. The molecule has 0 aromatic rings. The summed E-state index contributed by atoms with van der Waals surface area (Å²) >= 11 is 0. The standard InChI is InChI=1S/C7H18N2O/c1-2-9(6-7-10)5-3-4-8/h10H,2-8H2,1H3. The Morgan fingerprint density at radius 3 is 2.50 bits per heavy atom. The SMILES string of the molecule is CCN(CCO)CCCN. The van der Waals surface area contributed by atoms with Gasteiger partial charge in [-0.1, -0.05) is 6.92 Å². The Hall–Kier alpha value is -0.120. The lowest BCUT2D eigenvalue weighted by atomic mass is 10.4. The van der Waals surface area contributed by atoms with E-state index < -0.39 is 0 Å². The van der Waals surface area contributed by atoms with E-state index in [0.29, 0.717) is 0 Å². The van der Waals surface area contributed by atoms with Crippen molar-refractivity contribution in [2.24, 2.45) is 5.73 Å². The molecule has 0 saturated carbocycles. The maximum Gasteiger partial charge on any atom is 0.0558 e. The van der Waals surface area contributed by atoms with Crippen LogP contribution in [0, 0.1) is 0 Å². The van der Waals surface area contributed by atoms with E-state index in [4.69, 9.17) is 10.8 Å². The molecule has 62 valence electrons. The van der Waals surface area contributed by atoms with Gasteiger partial charge in [0.2, 0.25) is 0 Å². The number of hydrogen-bond acceptors (Lipinski definition) is 3. The maximum absolute atomic E-state index is 8.59. The van der Waals surface area contributed by atoms with E-state index in [0.717, 1.165) is 32.6 Å². The number of aliphatic hydroxyl groups excluding tert-OH is 1. The Labute approximate surface area is 62.8 Å². The highest BCUT2D eigenvalue weighted by atomic mass is 16.3. The fourth-order valence-electron chi connectivity index (χ4n) is 0.884. The average Bonchev–Trinajstić information content (AvgIpc) is 1.98. The van der Waals surface area contributed by atoms with E-state index in [2.05, 4.69) is 11.8 Å². The van der Waals surface area contributed by atoms with E-state index in [1.807, 2.05) is 0 Å². The van der Waals surface area contributed by atoms with Crippen molar-refractivity contribution in [2.75, 3.05) is 32.8 Å². The Kier molecular flexibility index (Phi) is 6.91. The van der Waals surface area contributed by atoms with Gasteiger partial charge in [0.25, 0.3) is 0 Å². The minimum absolute atomic E-state index is 0.248. The van der Waals surface area contributed by atoms with Crippen LogP contribution in [0.5, 0.6) is 0 Å². The third-order valence-corrected chi connectivity index (χ3v) is 1.54. The Morgan fingerprint density at radius 2 is 2.10 bits per heavy atom. The van der Waals surface area contributed by atoms with Crippen LogP contribution in [0.3, 0.4) is 0 Å². The van der Waals surface area contributed by atoms with Crippen LogP contribution >= 0.6 is 0 Å². The normalized spacial score (nSPS) is 10.8. The summed E-state index contributed by atoms with van der Waals surface area (Å²) in [6.45, 7) is 5.86. The van der Waals surface area contributed by atoms with Gasteiger partial charge in [0, 0.05) is 6.54 Å². The van der Waals surface area contributed by atoms with Crippen molar-refractivity contribution in [3.05, 3.63) is 0 Å². The number of hydrogen-bond donors (Lipinski definition) is 2. The molecule has 0 aliphatic rings. The molecule has 0 heterocycles. The minimum atomic E-state index is 0.248. The van der Waals surface area contributed by atoms with Crippen molar-refractivity contribution in [1.29, 1.82) is 0 Å². The summed E-state index contributed by atoms with van der Waals surface area (Å²) < 4.78 is 0. The molecule has 3 heteroatoms. The molecule has 0 spiro atoms. The van der Waals surface area contributed by atoms with Crippen LogP contribution in [-0.4, -0.2) is 42.8 Å². The van der Waals surface area contributed by atoms with E-state index in [1.165, 1.54) is 0 Å². The highest BCUT2D eigenvalue weighted by molar-refractivity contribution is 4.53. The first kappa shape index (κ1) is 9.88. The molecule has 0 bridgehead atoms. The smallest absolute Gasteiger partial charge is 0.0558 e. The molecule has 3 nitrogen and oxygen atoms in total. The topological polar surface area (TPSA) is 49.5 Å². The highest BCUT2D eigenvalue weighted by Crippen LogP contribution is 1.88. The minimum Gasteiger partial charge on any atom is -0.395 e. The van der Waals surface area contributed by atoms with Crippen LogP contribution in [0.4, 0.5) is 0 Å². The molecule has 0 aliphatic heterocycles. The first-order chi connectivity index (χ1) is 4.85. The fourth-order valence-corrected chi connectivity index (χ4v) is 0.884. The largest absolute Gasteiger partial charge is 0.395 e. The van der Waals surface area contributed by atoms with E-state index in [9.17, 15) is 0 Å². The van der Waals surface area contributed by atoms with E-state index in [1.54, 1.807) is 0 Å². The summed E-state index contributed by atoms with van der Waals surface area (Å²) in [6.07, 6.45) is 1.02. The zero-order valence-electron chi connectivity index (χ0n) is 6.71. The van der Waals surface area contributed by atoms with Crippen LogP contribution in [0.15, 0.2) is 0 Å². The van der Waals surface area contributed by atoms with Gasteiger partial charge in [-0.3, -0.25) is 0 Å². The monoisotopic (exact) mass is 146 g/mol. The Balaban J connectivity index is 3.21. The zero-order chi connectivity index (χ0) is 7.82. The van der Waals surface area contributed by atoms with Crippen LogP contribution < -0.4 is 5.73 Å². The molecule has 0 aromatic heterocycles. The molecule has 0 atom stereocenters. The summed E-state index contributed by atoms with van der Waals surface area (Å²) in [7, 11) is 0. The predicted octanol–water partition coefficient (Wildman–Crippen LogP) is -0.351. The quantitative estimate of drug-likeness (QED) is 0.538. The lowest BCUT2D eigenvalue weighted by Gasteiger charge is -2.17. The molecule has 0 radical (unpaired) electrons. The third-order valence-electron chi connectivity index (χ3n) is 1.54. The van der Waals surface area contributed by atoms with Gasteiger partial charge in [0.1, 0.15) is 0 Å². The summed E-state index contributed by atoms with van der Waals surface area (Å²) in [5.41, 5.74) is 5.34. The lowest BCUT2D eigenvalue weighted by molar-refractivity contribution is 0.201. The summed E-state index contributed by atoms with van der Waals surface area (Å²) in [4.78, 5) is 2.19. The van der Waals surface area contributed by atoms with Crippen molar-refractivity contribution in [3.63, 3.8) is 0 Å². The molecule has 10 heavy (non-hydrogen) atoms. The van der Waals surface area contributed by atoms with Gasteiger partial charge in [0.05, 0.1) is 6.61 Å². The molecule has 0 aliphatic carbocycles. The van der Waals surface area contributed by atoms with Gasteiger partial charge < -0.3 is 15.7 Å². The molecule has 0 amide bonds. The van der Waals surface area contributed by atoms with Crippen LogP contribution in [0.25, 0.3) is 0 Å². The predicted molar refractivity (Wildman–Crippen MR) is 42.9 cm³/mol. The molecule has 0 fully saturated rings. The van der Waals surface area contributed by atoms with Gasteiger partial charge in [-0.25, -0.2) is 0 Å². The first-order valence-corrected chi connectivity index (χ1v) is 3.88. The highest BCUT2D eigenvalue weighted by Gasteiger charge is 1.98. The Morgan fingerprint density at radius 1 is 1.40 bits per heavy atom. The van der Waals surface area contributed by atoms with Crippen molar-refractivity contribution < 1.29 is 5.11 Å². The van der Waals surface area contributed by atoms with E-state index >= 15 is 0 Å². The van der Waals surface area contributed by atoms with Gasteiger partial charge in [0.15, 0.2) is 0 Å². The second-order valence-corrected chi connectivity index (χ2v) is 2.30. The number of nitrogens with two attached hydrogens (primary N) is 1. The summed E-state index contributed by atoms with van der Waals surface area (Å²) in [5, 5.41) is 8.59. The average molecular weight is 146 g/mol. The molecular weight excluding hydrogens is 128 g/mol. The lowest BCUT2D eigenvalue weighted by Crippen LogP contribution is -2.28. The van der Waals surface area contributed by atoms with Gasteiger partial charge in [-0.2, -0.15) is 0 Å². The number of nitrogens with zero attached hydrogens (tertiary/aromatic N) is 1. The molecule has 0 saturated heterocycles. The fraction of sp³-hybridized carbons (Fsp3) is 1.00.